The molecule has 1 unspecified atom stereocenters. The lowest BCUT2D eigenvalue weighted by molar-refractivity contribution is -0.121. The molecule has 2 aromatic rings. The number of rotatable bonds is 4. The van der Waals surface area contributed by atoms with Crippen molar-refractivity contribution in [1.82, 2.24) is 4.90 Å². The van der Waals surface area contributed by atoms with Crippen LogP contribution in [-0.2, 0) is 11.3 Å². The van der Waals surface area contributed by atoms with Crippen molar-refractivity contribution >= 4 is 23.2 Å². The third-order valence-corrected chi connectivity index (χ3v) is 4.79. The Bertz CT molecular complexity index is 731. The number of carbonyl (C=O) groups excluding carboxylic acids is 1. The second-order valence-corrected chi connectivity index (χ2v) is 6.68. The van der Waals surface area contributed by atoms with Crippen molar-refractivity contribution in [2.45, 2.75) is 19.4 Å². The number of amides is 1. The van der Waals surface area contributed by atoms with Crippen LogP contribution in [0.15, 0.2) is 42.5 Å². The molecule has 1 aliphatic heterocycles. The van der Waals surface area contributed by atoms with Crippen molar-refractivity contribution in [3.8, 4) is 0 Å². The number of hydrogen-bond acceptors (Lipinski definition) is 2. The highest BCUT2D eigenvalue weighted by Gasteiger charge is 2.26. The van der Waals surface area contributed by atoms with Gasteiger partial charge in [0, 0.05) is 29.4 Å². The maximum atomic E-state index is 14.0. The van der Waals surface area contributed by atoms with Gasteiger partial charge in [-0.15, -0.1) is 0 Å². The van der Waals surface area contributed by atoms with Gasteiger partial charge in [0.25, 0.3) is 0 Å². The van der Waals surface area contributed by atoms with Crippen LogP contribution in [0.5, 0.6) is 0 Å². The molecule has 3 nitrogen and oxygen atoms in total. The highest BCUT2D eigenvalue weighted by molar-refractivity contribution is 6.31. The Balaban J connectivity index is 1.62. The summed E-state index contributed by atoms with van der Waals surface area (Å²) in [5.74, 6) is -0.964. The van der Waals surface area contributed by atoms with Gasteiger partial charge in [-0.2, -0.15) is 0 Å². The third-order valence-electron chi connectivity index (χ3n) is 4.43. The number of halogens is 3. The van der Waals surface area contributed by atoms with E-state index in [0.29, 0.717) is 29.4 Å². The van der Waals surface area contributed by atoms with Crippen molar-refractivity contribution in [3.63, 3.8) is 0 Å². The zero-order chi connectivity index (χ0) is 17.8. The highest BCUT2D eigenvalue weighted by Crippen LogP contribution is 2.25. The van der Waals surface area contributed by atoms with Crippen LogP contribution in [0.2, 0.25) is 5.02 Å². The minimum absolute atomic E-state index is 0.101. The summed E-state index contributed by atoms with van der Waals surface area (Å²) >= 11 is 6.09. The number of nitrogens with one attached hydrogen (secondary N) is 1. The summed E-state index contributed by atoms with van der Waals surface area (Å²) in [4.78, 5) is 14.5. The van der Waals surface area contributed by atoms with Gasteiger partial charge in [0.15, 0.2) is 0 Å². The lowest BCUT2D eigenvalue weighted by Crippen LogP contribution is -2.40. The molecule has 1 fully saturated rings. The minimum Gasteiger partial charge on any atom is -0.326 e. The van der Waals surface area contributed by atoms with Crippen LogP contribution in [-0.4, -0.2) is 23.9 Å². The SMILES string of the molecule is O=C(Nc1ccc(F)cc1)C1CCCN(Cc2c(F)cccc2Cl)C1. The summed E-state index contributed by atoms with van der Waals surface area (Å²) < 4.78 is 26.9. The maximum absolute atomic E-state index is 14.0. The van der Waals surface area contributed by atoms with Crippen LogP contribution in [0.1, 0.15) is 18.4 Å². The number of carbonyl (C=O) groups is 1. The molecule has 0 spiro atoms. The smallest absolute Gasteiger partial charge is 0.228 e. The molecule has 6 heteroatoms. The quantitative estimate of drug-likeness (QED) is 0.868. The van der Waals surface area contributed by atoms with Gasteiger partial charge < -0.3 is 5.32 Å². The first-order chi connectivity index (χ1) is 12.0. The molecule has 0 saturated carbocycles. The Morgan fingerprint density at radius 1 is 1.20 bits per heavy atom. The molecule has 0 aliphatic carbocycles. The van der Waals surface area contributed by atoms with Gasteiger partial charge in [0.05, 0.1) is 5.92 Å². The molecule has 1 saturated heterocycles. The fraction of sp³-hybridized carbons (Fsp3) is 0.316. The highest BCUT2D eigenvalue weighted by atomic mass is 35.5. The fourth-order valence-corrected chi connectivity index (χ4v) is 3.32. The van der Waals surface area contributed by atoms with Crippen molar-refractivity contribution in [1.29, 1.82) is 0 Å². The predicted molar refractivity (Wildman–Crippen MR) is 94.4 cm³/mol. The van der Waals surface area contributed by atoms with Gasteiger partial charge in [-0.3, -0.25) is 9.69 Å². The number of likely N-dealkylation sites (tertiary alicyclic amines) is 1. The Hall–Kier alpha value is -1.98. The van der Waals surface area contributed by atoms with Crippen molar-refractivity contribution in [2.24, 2.45) is 5.92 Å². The van der Waals surface area contributed by atoms with Gasteiger partial charge >= 0.3 is 0 Å². The molecule has 0 aromatic heterocycles. The number of benzene rings is 2. The van der Waals surface area contributed by atoms with Gasteiger partial charge in [0.1, 0.15) is 11.6 Å². The Kier molecular flexibility index (Phi) is 5.66. The first-order valence-corrected chi connectivity index (χ1v) is 8.62. The van der Waals surface area contributed by atoms with Crippen LogP contribution < -0.4 is 5.32 Å². The van der Waals surface area contributed by atoms with Crippen LogP contribution in [0.3, 0.4) is 0 Å². The van der Waals surface area contributed by atoms with Gasteiger partial charge in [-0.25, -0.2) is 8.78 Å². The van der Waals surface area contributed by atoms with E-state index in [-0.39, 0.29) is 23.5 Å². The molecule has 1 aliphatic rings. The molecule has 1 heterocycles. The largest absolute Gasteiger partial charge is 0.326 e. The second kappa shape index (κ2) is 7.93. The lowest BCUT2D eigenvalue weighted by atomic mass is 9.96. The van der Waals surface area contributed by atoms with Crippen molar-refractivity contribution in [2.75, 3.05) is 18.4 Å². The average Bonchev–Trinajstić information content (AvgIpc) is 2.60. The van der Waals surface area contributed by atoms with E-state index in [1.54, 1.807) is 12.1 Å². The lowest BCUT2D eigenvalue weighted by Gasteiger charge is -2.32. The standard InChI is InChI=1S/C19H19ClF2N2O/c20-17-4-1-5-18(22)16(17)12-24-10-2-3-13(11-24)19(25)23-15-8-6-14(21)7-9-15/h1,4-9,13H,2-3,10-12H2,(H,23,25). The zero-order valence-corrected chi connectivity index (χ0v) is 14.4. The zero-order valence-electron chi connectivity index (χ0n) is 13.6. The van der Waals surface area contributed by atoms with E-state index < -0.39 is 0 Å². The van der Waals surface area contributed by atoms with Gasteiger partial charge in [0.2, 0.25) is 5.91 Å². The molecule has 0 radical (unpaired) electrons. The normalized spacial score (nSPS) is 18.1. The molecular weight excluding hydrogens is 346 g/mol. The summed E-state index contributed by atoms with van der Waals surface area (Å²) in [6.45, 7) is 1.72. The molecular formula is C19H19ClF2N2O. The summed E-state index contributed by atoms with van der Waals surface area (Å²) in [6.07, 6.45) is 1.63. The Morgan fingerprint density at radius 3 is 2.68 bits per heavy atom. The van der Waals surface area contributed by atoms with Crippen LogP contribution in [0, 0.1) is 17.6 Å². The average molecular weight is 365 g/mol. The minimum atomic E-state index is -0.344. The fourth-order valence-electron chi connectivity index (χ4n) is 3.10. The van der Waals surface area contributed by atoms with Crippen molar-refractivity contribution in [3.05, 3.63) is 64.7 Å². The Labute approximate surface area is 150 Å². The summed E-state index contributed by atoms with van der Waals surface area (Å²) in [7, 11) is 0. The molecule has 25 heavy (non-hydrogen) atoms. The first-order valence-electron chi connectivity index (χ1n) is 8.24. The molecule has 0 bridgehead atoms. The summed E-state index contributed by atoms with van der Waals surface area (Å²) in [5, 5.41) is 3.21. The third kappa shape index (κ3) is 4.55. The van der Waals surface area contributed by atoms with Gasteiger partial charge in [-0.05, 0) is 55.8 Å². The van der Waals surface area contributed by atoms with Gasteiger partial charge in [-0.1, -0.05) is 17.7 Å². The summed E-state index contributed by atoms with van der Waals surface area (Å²) in [6, 6.07) is 10.3. The monoisotopic (exact) mass is 364 g/mol. The van der Waals surface area contributed by atoms with E-state index in [9.17, 15) is 13.6 Å². The molecule has 1 atom stereocenters. The number of hydrogen-bond donors (Lipinski definition) is 1. The molecule has 1 amide bonds. The number of piperidine rings is 1. The van der Waals surface area contributed by atoms with E-state index in [1.807, 2.05) is 4.90 Å². The number of nitrogens with zero attached hydrogens (tertiary/aromatic N) is 1. The van der Waals surface area contributed by atoms with Crippen molar-refractivity contribution < 1.29 is 13.6 Å². The van der Waals surface area contributed by atoms with E-state index in [4.69, 9.17) is 11.6 Å². The number of anilines is 1. The van der Waals surface area contributed by atoms with Crippen LogP contribution in [0.4, 0.5) is 14.5 Å². The van der Waals surface area contributed by atoms with E-state index in [2.05, 4.69) is 5.32 Å². The van der Waals surface area contributed by atoms with Crippen LogP contribution >= 0.6 is 11.6 Å². The predicted octanol–water partition coefficient (Wildman–Crippen LogP) is 4.47. The Morgan fingerprint density at radius 2 is 1.96 bits per heavy atom. The summed E-state index contributed by atoms with van der Waals surface area (Å²) in [5.41, 5.74) is 1.03. The maximum Gasteiger partial charge on any atom is 0.228 e. The topological polar surface area (TPSA) is 32.3 Å². The van der Waals surface area contributed by atoms with E-state index in [0.717, 1.165) is 19.4 Å². The van der Waals surface area contributed by atoms with E-state index >= 15 is 0 Å². The second-order valence-electron chi connectivity index (χ2n) is 6.27. The molecule has 2 aromatic carbocycles. The molecule has 1 N–H and O–H groups in total. The molecule has 132 valence electrons. The molecule has 3 rings (SSSR count). The first kappa shape index (κ1) is 17.8. The van der Waals surface area contributed by atoms with E-state index in [1.165, 1.54) is 30.3 Å². The van der Waals surface area contributed by atoms with Crippen LogP contribution in [0.25, 0.3) is 0 Å².